The van der Waals surface area contributed by atoms with Crippen molar-refractivity contribution in [3.8, 4) is 0 Å². The van der Waals surface area contributed by atoms with Crippen molar-refractivity contribution in [3.63, 3.8) is 0 Å². The fourth-order valence-corrected chi connectivity index (χ4v) is 7.64. The minimum atomic E-state index is -0.155. The van der Waals surface area contributed by atoms with Crippen molar-refractivity contribution in [2.24, 2.45) is 34.5 Å². The molecule has 1 aromatic heterocycles. The van der Waals surface area contributed by atoms with Gasteiger partial charge in [-0.05, 0) is 68.1 Å². The molecule has 5 heteroatoms. The lowest BCUT2D eigenvalue weighted by Gasteiger charge is -2.59. The minimum Gasteiger partial charge on any atom is -0.462 e. The maximum Gasteiger partial charge on any atom is 0.302 e. The molecule has 0 bridgehead atoms. The summed E-state index contributed by atoms with van der Waals surface area (Å²) in [6.45, 7) is 6.20. The molecule has 3 saturated carbocycles. The minimum absolute atomic E-state index is 0.000592. The fraction of sp³-hybridized carbons (Fsp3) is 0.773. The Morgan fingerprint density at radius 1 is 1.15 bits per heavy atom. The first-order chi connectivity index (χ1) is 12.8. The van der Waals surface area contributed by atoms with Crippen molar-refractivity contribution < 1.29 is 18.8 Å². The van der Waals surface area contributed by atoms with E-state index in [1.54, 1.807) is 6.20 Å². The van der Waals surface area contributed by atoms with Crippen LogP contribution in [0.1, 0.15) is 75.4 Å². The molecule has 0 spiro atoms. The van der Waals surface area contributed by atoms with Gasteiger partial charge in [-0.3, -0.25) is 9.59 Å². The number of carbonyl (C=O) groups excluding carboxylic acids is 2. The van der Waals surface area contributed by atoms with Gasteiger partial charge in [0.2, 0.25) is 11.5 Å². The molecule has 5 rings (SSSR count). The maximum absolute atomic E-state index is 13.1. The number of Topliss-reactive ketones (excluding diaryl/α,β-unsaturated/α-hetero) is 1. The first-order valence-electron chi connectivity index (χ1n) is 10.5. The van der Waals surface area contributed by atoms with Crippen molar-refractivity contribution in [3.05, 3.63) is 17.5 Å². The van der Waals surface area contributed by atoms with Crippen LogP contribution in [0.15, 0.2) is 10.7 Å². The Morgan fingerprint density at radius 2 is 1.93 bits per heavy atom. The number of ether oxygens (including phenoxy) is 1. The van der Waals surface area contributed by atoms with Crippen LogP contribution in [0.25, 0.3) is 0 Å². The molecule has 146 valence electrons. The summed E-state index contributed by atoms with van der Waals surface area (Å²) in [4.78, 5) is 24.7. The molecule has 1 aromatic rings. The van der Waals surface area contributed by atoms with E-state index in [1.807, 2.05) is 0 Å². The molecule has 1 heterocycles. The van der Waals surface area contributed by atoms with Gasteiger partial charge in [0.25, 0.3) is 0 Å². The van der Waals surface area contributed by atoms with E-state index in [-0.39, 0.29) is 34.6 Å². The second-order valence-corrected chi connectivity index (χ2v) is 9.95. The van der Waals surface area contributed by atoms with Crippen LogP contribution >= 0.6 is 0 Å². The highest BCUT2D eigenvalue weighted by atomic mass is 16.5. The van der Waals surface area contributed by atoms with E-state index in [0.717, 1.165) is 50.5 Å². The van der Waals surface area contributed by atoms with E-state index in [2.05, 4.69) is 19.0 Å². The SMILES string of the molecule is CC(=O)O[C@H]1CCC2[C@@H]3CCC4C(=O)c5oncc5C[C@]4(C)C3CC[C@@]21C. The Labute approximate surface area is 160 Å². The third-order valence-corrected chi connectivity index (χ3v) is 8.85. The monoisotopic (exact) mass is 371 g/mol. The van der Waals surface area contributed by atoms with Gasteiger partial charge in [0.1, 0.15) is 6.10 Å². The molecule has 4 aliphatic rings. The predicted octanol–water partition coefficient (Wildman–Crippen LogP) is 4.20. The van der Waals surface area contributed by atoms with Gasteiger partial charge in [-0.15, -0.1) is 0 Å². The Kier molecular flexibility index (Phi) is 3.67. The lowest BCUT2D eigenvalue weighted by Crippen LogP contribution is -2.56. The predicted molar refractivity (Wildman–Crippen MR) is 98.0 cm³/mol. The van der Waals surface area contributed by atoms with E-state index >= 15 is 0 Å². The van der Waals surface area contributed by atoms with Crippen LogP contribution in [0.3, 0.4) is 0 Å². The smallest absolute Gasteiger partial charge is 0.302 e. The topological polar surface area (TPSA) is 69.4 Å². The van der Waals surface area contributed by atoms with Crippen LogP contribution in [0.2, 0.25) is 0 Å². The molecule has 27 heavy (non-hydrogen) atoms. The summed E-state index contributed by atoms with van der Waals surface area (Å²) in [6, 6.07) is 0. The average molecular weight is 371 g/mol. The van der Waals surface area contributed by atoms with E-state index in [9.17, 15) is 9.59 Å². The van der Waals surface area contributed by atoms with E-state index in [0.29, 0.717) is 23.5 Å². The number of esters is 1. The average Bonchev–Trinajstić information content (AvgIpc) is 3.19. The molecule has 4 aliphatic carbocycles. The number of ketones is 1. The standard InChI is InChI=1S/C22H29NO4/c1-12(24)26-18-7-6-15-14-4-5-17-19(25)20-13(11-23-27-20)10-22(17,3)16(14)8-9-21(15,18)2/h11,14-18H,4-10H2,1-3H3/t14-,15?,16?,17?,18-,21-,22+/m0/s1. The van der Waals surface area contributed by atoms with Crippen molar-refractivity contribution in [1.29, 1.82) is 0 Å². The zero-order valence-corrected chi connectivity index (χ0v) is 16.5. The fourth-order valence-electron chi connectivity index (χ4n) is 7.64. The summed E-state index contributed by atoms with van der Waals surface area (Å²) < 4.78 is 11.0. The summed E-state index contributed by atoms with van der Waals surface area (Å²) in [7, 11) is 0. The number of nitrogens with zero attached hydrogens (tertiary/aromatic N) is 1. The highest BCUT2D eigenvalue weighted by Gasteiger charge is 2.62. The number of rotatable bonds is 1. The number of aromatic nitrogens is 1. The van der Waals surface area contributed by atoms with Gasteiger partial charge >= 0.3 is 5.97 Å². The highest BCUT2D eigenvalue weighted by Crippen LogP contribution is 2.65. The highest BCUT2D eigenvalue weighted by molar-refractivity contribution is 5.98. The van der Waals surface area contributed by atoms with E-state index in [4.69, 9.17) is 9.26 Å². The van der Waals surface area contributed by atoms with Crippen LogP contribution in [0, 0.1) is 34.5 Å². The molecule has 0 aromatic carbocycles. The summed E-state index contributed by atoms with van der Waals surface area (Å²) in [5, 5.41) is 3.90. The lowest BCUT2D eigenvalue weighted by molar-refractivity contribution is -0.159. The Bertz CT molecular complexity index is 800. The van der Waals surface area contributed by atoms with E-state index < -0.39 is 0 Å². The van der Waals surface area contributed by atoms with Crippen LogP contribution in [0.4, 0.5) is 0 Å². The van der Waals surface area contributed by atoms with Gasteiger partial charge < -0.3 is 9.26 Å². The Hall–Kier alpha value is -1.65. The number of hydrogen-bond acceptors (Lipinski definition) is 5. The van der Waals surface area contributed by atoms with E-state index in [1.165, 1.54) is 6.92 Å². The van der Waals surface area contributed by atoms with Crippen LogP contribution < -0.4 is 0 Å². The normalized spacial score (nSPS) is 45.4. The molecular weight excluding hydrogens is 342 g/mol. The summed E-state index contributed by atoms with van der Waals surface area (Å²) >= 11 is 0. The number of carbonyl (C=O) groups is 2. The number of fused-ring (bicyclic) bond motifs is 6. The third-order valence-electron chi connectivity index (χ3n) is 8.85. The molecule has 5 nitrogen and oxygen atoms in total. The molecule has 0 aliphatic heterocycles. The lowest BCUT2D eigenvalue weighted by atomic mass is 9.45. The van der Waals surface area contributed by atoms with Gasteiger partial charge in [-0.1, -0.05) is 19.0 Å². The van der Waals surface area contributed by atoms with Gasteiger partial charge in [0, 0.05) is 23.8 Å². The molecule has 0 N–H and O–H groups in total. The molecule has 7 atom stereocenters. The molecular formula is C22H29NO4. The van der Waals surface area contributed by atoms with Crippen molar-refractivity contribution in [1.82, 2.24) is 5.16 Å². The molecule has 3 fully saturated rings. The zero-order chi connectivity index (χ0) is 19.0. The largest absolute Gasteiger partial charge is 0.462 e. The Morgan fingerprint density at radius 3 is 2.70 bits per heavy atom. The second kappa shape index (κ2) is 5.68. The molecule has 3 unspecified atom stereocenters. The van der Waals surface area contributed by atoms with Gasteiger partial charge in [0.05, 0.1) is 6.20 Å². The zero-order valence-electron chi connectivity index (χ0n) is 16.5. The third kappa shape index (κ3) is 2.26. The summed E-state index contributed by atoms with van der Waals surface area (Å²) in [5.41, 5.74) is 1.09. The first-order valence-corrected chi connectivity index (χ1v) is 10.5. The van der Waals surface area contributed by atoms with Crippen LogP contribution in [-0.2, 0) is 16.0 Å². The summed E-state index contributed by atoms with van der Waals surface area (Å²) in [6.07, 6.45) is 9.10. The van der Waals surface area contributed by atoms with Gasteiger partial charge in [-0.25, -0.2) is 0 Å². The van der Waals surface area contributed by atoms with Crippen molar-refractivity contribution in [2.75, 3.05) is 0 Å². The van der Waals surface area contributed by atoms with Crippen molar-refractivity contribution >= 4 is 11.8 Å². The van der Waals surface area contributed by atoms with Gasteiger partial charge in [-0.2, -0.15) is 0 Å². The molecule has 0 radical (unpaired) electrons. The number of hydrogen-bond donors (Lipinski definition) is 0. The maximum atomic E-state index is 13.1. The van der Waals surface area contributed by atoms with Gasteiger partial charge in [0.15, 0.2) is 0 Å². The molecule has 0 amide bonds. The Balaban J connectivity index is 1.47. The van der Waals surface area contributed by atoms with Crippen molar-refractivity contribution in [2.45, 2.75) is 71.8 Å². The molecule has 0 saturated heterocycles. The first kappa shape index (κ1) is 17.4. The quantitative estimate of drug-likeness (QED) is 0.692. The second-order valence-electron chi connectivity index (χ2n) is 9.95. The van der Waals surface area contributed by atoms with Crippen LogP contribution in [0.5, 0.6) is 0 Å². The van der Waals surface area contributed by atoms with Crippen LogP contribution in [-0.4, -0.2) is 23.0 Å². The summed E-state index contributed by atoms with van der Waals surface area (Å²) in [5.74, 6) is 2.36.